The van der Waals surface area contributed by atoms with Gasteiger partial charge in [0, 0.05) is 31.3 Å². The minimum absolute atomic E-state index is 0.140. The monoisotopic (exact) mass is 368 g/mol. The number of nitrogens with two attached hydrogens (primary N) is 1. The van der Waals surface area contributed by atoms with Gasteiger partial charge in [-0.15, -0.1) is 0 Å². The molecular formula is C19H20N4O4. The number of nitrogens with zero attached hydrogens (tertiary/aromatic N) is 2. The van der Waals surface area contributed by atoms with Crippen molar-refractivity contribution in [3.8, 4) is 0 Å². The van der Waals surface area contributed by atoms with Gasteiger partial charge in [0.25, 0.3) is 5.69 Å². The van der Waals surface area contributed by atoms with Crippen molar-refractivity contribution in [2.75, 3.05) is 23.3 Å². The van der Waals surface area contributed by atoms with E-state index < -0.39 is 4.92 Å². The van der Waals surface area contributed by atoms with E-state index in [1.807, 2.05) is 29.2 Å². The summed E-state index contributed by atoms with van der Waals surface area (Å²) in [5.41, 5.74) is 7.30. The summed E-state index contributed by atoms with van der Waals surface area (Å²) in [6.07, 6.45) is 0.764. The van der Waals surface area contributed by atoms with Crippen molar-refractivity contribution in [1.29, 1.82) is 0 Å². The van der Waals surface area contributed by atoms with Gasteiger partial charge in [0.2, 0.25) is 11.8 Å². The molecule has 8 heteroatoms. The lowest BCUT2D eigenvalue weighted by Gasteiger charge is -2.34. The summed E-state index contributed by atoms with van der Waals surface area (Å²) in [5.74, 6) is -0.978. The van der Waals surface area contributed by atoms with Crippen LogP contribution >= 0.6 is 0 Å². The van der Waals surface area contributed by atoms with Gasteiger partial charge in [-0.3, -0.25) is 19.7 Å². The number of rotatable bonds is 6. The quantitative estimate of drug-likeness (QED) is 0.599. The van der Waals surface area contributed by atoms with Gasteiger partial charge in [-0.25, -0.2) is 0 Å². The van der Waals surface area contributed by atoms with Crippen LogP contribution in [0.15, 0.2) is 48.5 Å². The number of anilines is 2. The first kappa shape index (κ1) is 18.4. The Morgan fingerprint density at radius 2 is 1.89 bits per heavy atom. The van der Waals surface area contributed by atoms with E-state index in [2.05, 4.69) is 5.32 Å². The predicted octanol–water partition coefficient (Wildman–Crippen LogP) is 2.40. The number of nitrogens with one attached hydrogen (secondary N) is 1. The second-order valence-electron chi connectivity index (χ2n) is 6.36. The third kappa shape index (κ3) is 4.05. The van der Waals surface area contributed by atoms with Gasteiger partial charge < -0.3 is 16.0 Å². The Bertz CT molecular complexity index is 884. The highest BCUT2D eigenvalue weighted by Gasteiger charge is 2.28. The first-order valence-electron chi connectivity index (χ1n) is 8.64. The molecule has 1 atom stereocenters. The largest absolute Gasteiger partial charge is 0.371 e. The van der Waals surface area contributed by atoms with E-state index in [1.54, 1.807) is 12.1 Å². The van der Waals surface area contributed by atoms with Crippen molar-refractivity contribution >= 4 is 28.9 Å². The number of benzene rings is 2. The van der Waals surface area contributed by atoms with Gasteiger partial charge in [0.1, 0.15) is 5.69 Å². The fourth-order valence-corrected chi connectivity index (χ4v) is 3.35. The zero-order valence-corrected chi connectivity index (χ0v) is 14.6. The van der Waals surface area contributed by atoms with Crippen molar-refractivity contribution in [1.82, 2.24) is 0 Å². The number of para-hydroxylation sites is 3. The smallest absolute Gasteiger partial charge is 0.292 e. The summed E-state index contributed by atoms with van der Waals surface area (Å²) in [6.45, 7) is 1.05. The highest BCUT2D eigenvalue weighted by Crippen LogP contribution is 2.35. The molecule has 3 rings (SSSR count). The van der Waals surface area contributed by atoms with Gasteiger partial charge >= 0.3 is 0 Å². The van der Waals surface area contributed by atoms with E-state index in [-0.39, 0.29) is 35.5 Å². The lowest BCUT2D eigenvalue weighted by Crippen LogP contribution is -2.37. The molecular weight excluding hydrogens is 348 g/mol. The third-order valence-corrected chi connectivity index (χ3v) is 4.67. The van der Waals surface area contributed by atoms with Gasteiger partial charge in [-0.05, 0) is 24.1 Å². The van der Waals surface area contributed by atoms with E-state index in [4.69, 9.17) is 5.73 Å². The molecule has 0 aromatic heterocycles. The second-order valence-corrected chi connectivity index (χ2v) is 6.36. The van der Waals surface area contributed by atoms with Crippen LogP contribution in [0.2, 0.25) is 0 Å². The molecule has 0 spiro atoms. The Morgan fingerprint density at radius 1 is 1.19 bits per heavy atom. The van der Waals surface area contributed by atoms with E-state index in [0.717, 1.165) is 11.3 Å². The number of fused-ring (bicyclic) bond motifs is 1. The predicted molar refractivity (Wildman–Crippen MR) is 102 cm³/mol. The summed E-state index contributed by atoms with van der Waals surface area (Å²) in [6, 6.07) is 13.6. The van der Waals surface area contributed by atoms with Gasteiger partial charge in [0.05, 0.1) is 10.8 Å². The molecule has 1 aliphatic heterocycles. The summed E-state index contributed by atoms with van der Waals surface area (Å²) < 4.78 is 0. The average molecular weight is 368 g/mol. The van der Waals surface area contributed by atoms with Crippen LogP contribution in [-0.4, -0.2) is 29.8 Å². The molecule has 0 fully saturated rings. The highest BCUT2D eigenvalue weighted by molar-refractivity contribution is 5.93. The minimum atomic E-state index is -0.527. The van der Waals surface area contributed by atoms with Gasteiger partial charge in [-0.2, -0.15) is 0 Å². The highest BCUT2D eigenvalue weighted by atomic mass is 16.6. The summed E-state index contributed by atoms with van der Waals surface area (Å²) in [4.78, 5) is 36.5. The number of nitro benzene ring substituents is 1. The maximum atomic E-state index is 12.3. The topological polar surface area (TPSA) is 119 Å². The fourth-order valence-electron chi connectivity index (χ4n) is 3.35. The summed E-state index contributed by atoms with van der Waals surface area (Å²) in [5, 5.41) is 13.6. The van der Waals surface area contributed by atoms with E-state index in [1.165, 1.54) is 12.1 Å². The van der Waals surface area contributed by atoms with Crippen molar-refractivity contribution in [3.63, 3.8) is 0 Å². The molecule has 8 nitrogen and oxygen atoms in total. The maximum Gasteiger partial charge on any atom is 0.292 e. The number of carbonyl (C=O) groups excluding carboxylic acids is 2. The number of carbonyl (C=O) groups is 2. The third-order valence-electron chi connectivity index (χ3n) is 4.67. The Kier molecular flexibility index (Phi) is 5.35. The van der Waals surface area contributed by atoms with E-state index in [9.17, 15) is 19.7 Å². The molecule has 0 radical (unpaired) electrons. The first-order valence-corrected chi connectivity index (χ1v) is 8.64. The molecule has 0 aliphatic carbocycles. The van der Waals surface area contributed by atoms with Gasteiger partial charge in [-0.1, -0.05) is 30.3 Å². The molecule has 1 unspecified atom stereocenters. The standard InChI is InChI=1S/C19H20N4O4/c20-19(25)14-9-11-22(16-7-3-1-5-13(14)16)12-10-18(24)21-15-6-2-4-8-17(15)23(26)27/h1-8,14H,9-12H2,(H2,20,25)(H,21,24). The average Bonchev–Trinajstić information content (AvgIpc) is 2.66. The Labute approximate surface area is 156 Å². The van der Waals surface area contributed by atoms with Gasteiger partial charge in [0.15, 0.2) is 0 Å². The van der Waals surface area contributed by atoms with E-state index in [0.29, 0.717) is 19.5 Å². The van der Waals surface area contributed by atoms with Crippen LogP contribution in [0.25, 0.3) is 0 Å². The molecule has 2 aromatic carbocycles. The maximum absolute atomic E-state index is 12.3. The van der Waals surface area contributed by atoms with Crippen molar-refractivity contribution in [2.45, 2.75) is 18.8 Å². The zero-order valence-electron chi connectivity index (χ0n) is 14.6. The van der Waals surface area contributed by atoms with Crippen LogP contribution in [0.4, 0.5) is 17.1 Å². The molecule has 27 heavy (non-hydrogen) atoms. The molecule has 0 bridgehead atoms. The van der Waals surface area contributed by atoms with Crippen LogP contribution in [0.3, 0.4) is 0 Å². The fraction of sp³-hybridized carbons (Fsp3) is 0.263. The Morgan fingerprint density at radius 3 is 2.63 bits per heavy atom. The number of hydrogen-bond acceptors (Lipinski definition) is 5. The van der Waals surface area contributed by atoms with Crippen LogP contribution < -0.4 is 16.0 Å². The number of amides is 2. The molecule has 3 N–H and O–H groups in total. The summed E-state index contributed by atoms with van der Waals surface area (Å²) in [7, 11) is 0. The molecule has 1 aliphatic rings. The first-order chi connectivity index (χ1) is 13.0. The Balaban J connectivity index is 1.67. The lowest BCUT2D eigenvalue weighted by molar-refractivity contribution is -0.383. The molecule has 1 heterocycles. The molecule has 2 amide bonds. The minimum Gasteiger partial charge on any atom is -0.371 e. The number of primary amides is 1. The number of nitro groups is 1. The van der Waals surface area contributed by atoms with Crippen molar-refractivity contribution in [2.24, 2.45) is 5.73 Å². The second kappa shape index (κ2) is 7.86. The molecule has 0 saturated heterocycles. The van der Waals surface area contributed by atoms with E-state index >= 15 is 0 Å². The molecule has 0 saturated carbocycles. The molecule has 140 valence electrons. The van der Waals surface area contributed by atoms with Crippen LogP contribution in [0.5, 0.6) is 0 Å². The lowest BCUT2D eigenvalue weighted by atomic mass is 9.89. The summed E-state index contributed by atoms with van der Waals surface area (Å²) >= 11 is 0. The van der Waals surface area contributed by atoms with Crippen molar-refractivity contribution < 1.29 is 14.5 Å². The van der Waals surface area contributed by atoms with Crippen LogP contribution in [0, 0.1) is 10.1 Å². The Hall–Kier alpha value is -3.42. The SMILES string of the molecule is NC(=O)C1CCN(CCC(=O)Nc2ccccc2[N+](=O)[O-])c2ccccc21. The van der Waals surface area contributed by atoms with Crippen LogP contribution in [-0.2, 0) is 9.59 Å². The zero-order chi connectivity index (χ0) is 19.4. The van der Waals surface area contributed by atoms with Crippen molar-refractivity contribution in [3.05, 3.63) is 64.2 Å². The normalized spacial score (nSPS) is 15.7. The van der Waals surface area contributed by atoms with Crippen LogP contribution in [0.1, 0.15) is 24.3 Å². The molecule has 2 aromatic rings. The number of hydrogen-bond donors (Lipinski definition) is 2.